The van der Waals surface area contributed by atoms with E-state index in [1.54, 1.807) is 0 Å². The highest BCUT2D eigenvalue weighted by atomic mass is 15.2. The number of fused-ring (bicyclic) bond motifs is 4. The van der Waals surface area contributed by atoms with Crippen LogP contribution in [-0.2, 0) is 0 Å². The molecule has 0 atom stereocenters. The number of rotatable bonds is 4. The maximum Gasteiger partial charge on any atom is 0.252 e. The molecule has 0 N–H and O–H groups in total. The van der Waals surface area contributed by atoms with Crippen LogP contribution in [-0.4, -0.2) is 6.71 Å². The third-order valence-electron chi connectivity index (χ3n) is 10.2. The van der Waals surface area contributed by atoms with Gasteiger partial charge >= 0.3 is 0 Å². The number of benzene rings is 7. The fraction of sp³-hybridized carbons (Fsp3) is 0.0870. The summed E-state index contributed by atoms with van der Waals surface area (Å²) in [6, 6.07) is 56.2. The summed E-state index contributed by atoms with van der Waals surface area (Å²) in [5.74, 6) is 0. The van der Waals surface area contributed by atoms with Crippen molar-refractivity contribution in [1.82, 2.24) is 0 Å². The zero-order valence-electron chi connectivity index (χ0n) is 28.4. The molecule has 7 aromatic carbocycles. The van der Waals surface area contributed by atoms with Gasteiger partial charge in [0.05, 0.1) is 0 Å². The lowest BCUT2D eigenvalue weighted by Gasteiger charge is -2.45. The van der Waals surface area contributed by atoms with Crippen molar-refractivity contribution in [2.24, 2.45) is 0 Å². The van der Waals surface area contributed by atoms with E-state index in [0.29, 0.717) is 0 Å². The Hall–Kier alpha value is -5.80. The van der Waals surface area contributed by atoms with Crippen molar-refractivity contribution in [1.29, 1.82) is 0 Å². The average molecular weight is 629 g/mol. The van der Waals surface area contributed by atoms with Gasteiger partial charge in [0.25, 0.3) is 6.71 Å². The smallest absolute Gasteiger partial charge is 0.252 e. The van der Waals surface area contributed by atoms with Crippen LogP contribution in [0.15, 0.2) is 152 Å². The first-order chi connectivity index (χ1) is 23.9. The van der Waals surface area contributed by atoms with Gasteiger partial charge in [0.15, 0.2) is 0 Å². The third-order valence-corrected chi connectivity index (χ3v) is 10.2. The van der Waals surface area contributed by atoms with E-state index >= 15 is 0 Å². The van der Waals surface area contributed by atoms with E-state index in [-0.39, 0.29) is 6.71 Å². The normalized spacial score (nSPS) is 12.8. The Morgan fingerprint density at radius 2 is 0.939 bits per heavy atom. The van der Waals surface area contributed by atoms with Crippen LogP contribution in [0.4, 0.5) is 34.1 Å². The van der Waals surface area contributed by atoms with Gasteiger partial charge in [-0.1, -0.05) is 109 Å². The second-order valence-electron chi connectivity index (χ2n) is 13.7. The minimum atomic E-state index is 0.0948. The van der Waals surface area contributed by atoms with E-state index in [1.807, 2.05) is 0 Å². The van der Waals surface area contributed by atoms with Gasteiger partial charge in [0, 0.05) is 34.1 Å². The Kier molecular flexibility index (Phi) is 6.84. The topological polar surface area (TPSA) is 6.48 Å². The van der Waals surface area contributed by atoms with Gasteiger partial charge in [-0.2, -0.15) is 0 Å². The van der Waals surface area contributed by atoms with Crippen molar-refractivity contribution in [3.05, 3.63) is 174 Å². The SMILES string of the molecule is Cc1cc(C)cc(N2c3cc(C)cc(C)c3B3c4ccc(-c5ccccc5)cc4N(c4cccc(-c5ccccc5)c4)c4cccc2c43)c1. The van der Waals surface area contributed by atoms with Gasteiger partial charge in [0.1, 0.15) is 0 Å². The average Bonchev–Trinajstić information content (AvgIpc) is 3.11. The molecule has 0 bridgehead atoms. The largest absolute Gasteiger partial charge is 0.311 e. The lowest BCUT2D eigenvalue weighted by molar-refractivity contribution is 1.23. The summed E-state index contributed by atoms with van der Waals surface area (Å²) >= 11 is 0. The number of hydrogen-bond donors (Lipinski definition) is 0. The fourth-order valence-corrected chi connectivity index (χ4v) is 8.34. The summed E-state index contributed by atoms with van der Waals surface area (Å²) in [6.45, 7) is 9.02. The van der Waals surface area contributed by atoms with Crippen LogP contribution in [0.25, 0.3) is 22.3 Å². The van der Waals surface area contributed by atoms with Crippen molar-refractivity contribution in [3.8, 4) is 22.3 Å². The molecule has 2 heterocycles. The molecule has 2 aliphatic heterocycles. The molecule has 0 amide bonds. The second kappa shape index (κ2) is 11.4. The Bertz CT molecular complexity index is 2380. The van der Waals surface area contributed by atoms with Crippen molar-refractivity contribution in [3.63, 3.8) is 0 Å². The lowest BCUT2D eigenvalue weighted by Crippen LogP contribution is -2.62. The summed E-state index contributed by atoms with van der Waals surface area (Å²) in [5, 5.41) is 0. The second-order valence-corrected chi connectivity index (χ2v) is 13.7. The molecule has 0 radical (unpaired) electrons. The summed E-state index contributed by atoms with van der Waals surface area (Å²) in [4.78, 5) is 5.03. The van der Waals surface area contributed by atoms with Crippen molar-refractivity contribution in [2.75, 3.05) is 9.80 Å². The van der Waals surface area contributed by atoms with Crippen LogP contribution >= 0.6 is 0 Å². The minimum absolute atomic E-state index is 0.0948. The molecular formula is C46H37BN2. The van der Waals surface area contributed by atoms with E-state index < -0.39 is 0 Å². The van der Waals surface area contributed by atoms with Gasteiger partial charge in [-0.15, -0.1) is 0 Å². The first-order valence-corrected chi connectivity index (χ1v) is 17.2. The van der Waals surface area contributed by atoms with Gasteiger partial charge in [0.2, 0.25) is 0 Å². The summed E-state index contributed by atoms with van der Waals surface area (Å²) in [7, 11) is 0. The highest BCUT2D eigenvalue weighted by Crippen LogP contribution is 2.45. The Morgan fingerprint density at radius 3 is 1.61 bits per heavy atom. The van der Waals surface area contributed by atoms with E-state index in [1.165, 1.54) is 89.3 Å². The third kappa shape index (κ3) is 4.80. The van der Waals surface area contributed by atoms with Crippen molar-refractivity contribution >= 4 is 57.2 Å². The summed E-state index contributed by atoms with van der Waals surface area (Å²) in [5.41, 5.74) is 21.4. The minimum Gasteiger partial charge on any atom is -0.311 e. The standard InChI is InChI=1S/C46H37BN2/c1-30-23-31(2)26-39(25-30)49-42-20-12-19-41-46(42)47(45-33(4)24-32(3)27-44(45)49)40-22-21-37(35-15-9-6-10-16-35)29-43(40)48(41)38-18-11-17-36(28-38)34-13-7-5-8-14-34/h5-29H,1-4H3. The number of anilines is 6. The Balaban J connectivity index is 1.36. The van der Waals surface area contributed by atoms with Gasteiger partial charge < -0.3 is 9.80 Å². The molecule has 234 valence electrons. The molecule has 2 nitrogen and oxygen atoms in total. The maximum atomic E-state index is 2.52. The summed E-state index contributed by atoms with van der Waals surface area (Å²) < 4.78 is 0. The maximum absolute atomic E-state index is 2.52. The molecular weight excluding hydrogens is 591 g/mol. The van der Waals surface area contributed by atoms with Crippen molar-refractivity contribution in [2.45, 2.75) is 27.7 Å². The molecule has 9 rings (SSSR count). The molecule has 49 heavy (non-hydrogen) atoms. The molecule has 0 saturated carbocycles. The highest BCUT2D eigenvalue weighted by molar-refractivity contribution is 7.00. The van der Waals surface area contributed by atoms with E-state index in [0.717, 1.165) is 5.69 Å². The zero-order valence-corrected chi connectivity index (χ0v) is 28.4. The zero-order chi connectivity index (χ0) is 33.2. The van der Waals surface area contributed by atoms with Crippen LogP contribution < -0.4 is 26.2 Å². The molecule has 0 aromatic heterocycles. The van der Waals surface area contributed by atoms with Crippen LogP contribution in [0.5, 0.6) is 0 Å². The van der Waals surface area contributed by atoms with Gasteiger partial charge in [-0.25, -0.2) is 0 Å². The molecule has 0 aliphatic carbocycles. The number of nitrogens with zero attached hydrogens (tertiary/aromatic N) is 2. The predicted molar refractivity (Wildman–Crippen MR) is 210 cm³/mol. The molecule has 7 aromatic rings. The predicted octanol–water partition coefficient (Wildman–Crippen LogP) is 10.3. The monoisotopic (exact) mass is 628 g/mol. The molecule has 0 saturated heterocycles. The van der Waals surface area contributed by atoms with Crippen LogP contribution in [0.1, 0.15) is 22.3 Å². The molecule has 0 unspecified atom stereocenters. The Morgan fingerprint density at radius 1 is 0.367 bits per heavy atom. The Labute approximate surface area is 290 Å². The van der Waals surface area contributed by atoms with Gasteiger partial charge in [-0.3, -0.25) is 0 Å². The highest BCUT2D eigenvalue weighted by Gasteiger charge is 2.44. The molecule has 0 fully saturated rings. The van der Waals surface area contributed by atoms with Crippen LogP contribution in [0.2, 0.25) is 0 Å². The van der Waals surface area contributed by atoms with E-state index in [9.17, 15) is 0 Å². The van der Waals surface area contributed by atoms with E-state index in [2.05, 4.69) is 189 Å². The fourth-order valence-electron chi connectivity index (χ4n) is 8.34. The molecule has 2 aliphatic rings. The lowest BCUT2D eigenvalue weighted by atomic mass is 9.32. The van der Waals surface area contributed by atoms with Gasteiger partial charge in [-0.05, 0) is 132 Å². The van der Waals surface area contributed by atoms with Crippen LogP contribution in [0.3, 0.4) is 0 Å². The number of aryl methyl sites for hydroxylation is 4. The molecule has 3 heteroatoms. The molecule has 0 spiro atoms. The first kappa shape index (κ1) is 29.4. The quantitative estimate of drug-likeness (QED) is 0.179. The number of hydrogen-bond acceptors (Lipinski definition) is 2. The van der Waals surface area contributed by atoms with E-state index in [4.69, 9.17) is 0 Å². The van der Waals surface area contributed by atoms with Crippen molar-refractivity contribution < 1.29 is 0 Å². The summed E-state index contributed by atoms with van der Waals surface area (Å²) in [6.07, 6.45) is 0. The first-order valence-electron chi connectivity index (χ1n) is 17.2. The van der Waals surface area contributed by atoms with Crippen LogP contribution in [0, 0.1) is 27.7 Å².